The van der Waals surface area contributed by atoms with Crippen LogP contribution in [-0.4, -0.2) is 20.1 Å². The molecule has 2 aromatic carbocycles. The molecular formula is C17H18FNO3. The number of methoxy groups -OCH3 is 2. The number of benzene rings is 2. The van der Waals surface area contributed by atoms with Crippen LogP contribution in [0.15, 0.2) is 36.4 Å². The molecule has 5 heteroatoms. The van der Waals surface area contributed by atoms with Gasteiger partial charge in [-0.05, 0) is 36.2 Å². The predicted octanol–water partition coefficient (Wildman–Crippen LogP) is 3.08. The molecule has 4 nitrogen and oxygen atoms in total. The smallest absolute Gasteiger partial charge is 0.251 e. The summed E-state index contributed by atoms with van der Waals surface area (Å²) in [6.07, 6.45) is 0. The first-order valence-corrected chi connectivity index (χ1v) is 6.80. The lowest BCUT2D eigenvalue weighted by atomic mass is 10.1. The number of halogens is 1. The lowest BCUT2D eigenvalue weighted by molar-refractivity contribution is 0.0950. The minimum atomic E-state index is -0.283. The lowest BCUT2D eigenvalue weighted by Crippen LogP contribution is -2.23. The van der Waals surface area contributed by atoms with Crippen LogP contribution in [0.25, 0.3) is 0 Å². The second kappa shape index (κ2) is 6.93. The molecule has 22 heavy (non-hydrogen) atoms. The Kier molecular flexibility index (Phi) is 4.99. The van der Waals surface area contributed by atoms with Gasteiger partial charge in [-0.15, -0.1) is 0 Å². The highest BCUT2D eigenvalue weighted by atomic mass is 19.1. The van der Waals surface area contributed by atoms with Crippen LogP contribution < -0.4 is 14.8 Å². The fourth-order valence-corrected chi connectivity index (χ4v) is 1.97. The lowest BCUT2D eigenvalue weighted by Gasteiger charge is -2.09. The number of carbonyl (C=O) groups excluding carboxylic acids is 1. The van der Waals surface area contributed by atoms with Gasteiger partial charge in [-0.2, -0.15) is 0 Å². The Morgan fingerprint density at radius 1 is 1.09 bits per heavy atom. The zero-order valence-electron chi connectivity index (χ0n) is 12.8. The van der Waals surface area contributed by atoms with Crippen molar-refractivity contribution in [3.05, 3.63) is 58.9 Å². The summed E-state index contributed by atoms with van der Waals surface area (Å²) in [7, 11) is 3.04. The predicted molar refractivity (Wildman–Crippen MR) is 81.9 cm³/mol. The van der Waals surface area contributed by atoms with E-state index >= 15 is 0 Å². The van der Waals surface area contributed by atoms with Crippen LogP contribution in [0.2, 0.25) is 0 Å². The molecule has 1 amide bonds. The first-order valence-electron chi connectivity index (χ1n) is 6.80. The van der Waals surface area contributed by atoms with Gasteiger partial charge in [0, 0.05) is 18.2 Å². The molecule has 0 heterocycles. The Balaban J connectivity index is 2.10. The molecule has 0 unspecified atom stereocenters. The van der Waals surface area contributed by atoms with Gasteiger partial charge >= 0.3 is 0 Å². The molecule has 116 valence electrons. The summed E-state index contributed by atoms with van der Waals surface area (Å²) in [5.74, 6) is 0.504. The first kappa shape index (κ1) is 15.8. The van der Waals surface area contributed by atoms with Crippen LogP contribution in [0, 0.1) is 12.7 Å². The van der Waals surface area contributed by atoms with Crippen LogP contribution in [-0.2, 0) is 6.54 Å². The van der Waals surface area contributed by atoms with Crippen molar-refractivity contribution in [1.82, 2.24) is 5.32 Å². The first-order chi connectivity index (χ1) is 10.5. The molecule has 0 radical (unpaired) electrons. The molecule has 0 aliphatic heterocycles. The molecule has 0 atom stereocenters. The van der Waals surface area contributed by atoms with Gasteiger partial charge in [0.05, 0.1) is 14.2 Å². The molecule has 0 spiro atoms. The third kappa shape index (κ3) is 3.75. The van der Waals surface area contributed by atoms with E-state index in [1.165, 1.54) is 20.3 Å². The molecule has 0 saturated heterocycles. The molecule has 2 aromatic rings. The maximum absolute atomic E-state index is 13.5. The maximum atomic E-state index is 13.5. The van der Waals surface area contributed by atoms with Gasteiger partial charge in [-0.25, -0.2) is 4.39 Å². The van der Waals surface area contributed by atoms with Gasteiger partial charge < -0.3 is 14.8 Å². The molecular weight excluding hydrogens is 285 g/mol. The van der Waals surface area contributed by atoms with E-state index in [0.717, 1.165) is 0 Å². The van der Waals surface area contributed by atoms with Gasteiger partial charge in [-0.1, -0.05) is 12.1 Å². The Morgan fingerprint density at radius 2 is 1.73 bits per heavy atom. The van der Waals surface area contributed by atoms with Crippen LogP contribution in [0.5, 0.6) is 11.5 Å². The summed E-state index contributed by atoms with van der Waals surface area (Å²) in [5, 5.41) is 2.75. The standard InChI is InChI=1S/C17H18FNO3/c1-11-4-5-12(6-16(11)18)10-19-17(20)13-7-14(21-2)9-15(8-13)22-3/h4-9H,10H2,1-3H3,(H,19,20). The van der Waals surface area contributed by atoms with E-state index in [4.69, 9.17) is 9.47 Å². The minimum absolute atomic E-state index is 0.246. The van der Waals surface area contributed by atoms with Crippen molar-refractivity contribution in [2.45, 2.75) is 13.5 Å². The van der Waals surface area contributed by atoms with Gasteiger partial charge in [0.2, 0.25) is 0 Å². The molecule has 0 bridgehead atoms. The van der Waals surface area contributed by atoms with Crippen LogP contribution in [0.1, 0.15) is 21.5 Å². The quantitative estimate of drug-likeness (QED) is 0.923. The van der Waals surface area contributed by atoms with Crippen LogP contribution >= 0.6 is 0 Å². The minimum Gasteiger partial charge on any atom is -0.497 e. The molecule has 2 rings (SSSR count). The molecule has 0 aliphatic carbocycles. The summed E-state index contributed by atoms with van der Waals surface area (Å²) < 4.78 is 23.7. The van der Waals surface area contributed by atoms with E-state index in [9.17, 15) is 9.18 Å². The van der Waals surface area contributed by atoms with Crippen molar-refractivity contribution >= 4 is 5.91 Å². The van der Waals surface area contributed by atoms with Crippen molar-refractivity contribution in [1.29, 1.82) is 0 Å². The molecule has 0 aliphatic rings. The average Bonchev–Trinajstić information content (AvgIpc) is 2.55. The molecule has 0 aromatic heterocycles. The summed E-state index contributed by atoms with van der Waals surface area (Å²) in [6, 6.07) is 9.81. The van der Waals surface area contributed by atoms with Gasteiger partial charge in [0.25, 0.3) is 5.91 Å². The number of carbonyl (C=O) groups is 1. The summed E-state index contributed by atoms with van der Waals surface area (Å²) in [4.78, 5) is 12.2. The number of hydrogen-bond donors (Lipinski definition) is 1. The number of rotatable bonds is 5. The number of amides is 1. The topological polar surface area (TPSA) is 47.6 Å². The zero-order chi connectivity index (χ0) is 16.1. The number of ether oxygens (including phenoxy) is 2. The monoisotopic (exact) mass is 303 g/mol. The van der Waals surface area contributed by atoms with Crippen LogP contribution in [0.4, 0.5) is 4.39 Å². The Morgan fingerprint density at radius 3 is 2.27 bits per heavy atom. The van der Waals surface area contributed by atoms with E-state index in [-0.39, 0.29) is 18.3 Å². The summed E-state index contributed by atoms with van der Waals surface area (Å²) in [6.45, 7) is 1.94. The number of aryl methyl sites for hydroxylation is 1. The van der Waals surface area contributed by atoms with Crippen molar-refractivity contribution in [2.75, 3.05) is 14.2 Å². The van der Waals surface area contributed by atoms with E-state index in [2.05, 4.69) is 5.32 Å². The molecule has 0 fully saturated rings. The fourth-order valence-electron chi connectivity index (χ4n) is 1.97. The van der Waals surface area contributed by atoms with Gasteiger partial charge in [0.1, 0.15) is 17.3 Å². The van der Waals surface area contributed by atoms with E-state index in [0.29, 0.717) is 28.2 Å². The normalized spacial score (nSPS) is 10.2. The van der Waals surface area contributed by atoms with E-state index < -0.39 is 0 Å². The Bertz CT molecular complexity index is 663. The highest BCUT2D eigenvalue weighted by Crippen LogP contribution is 2.22. The van der Waals surface area contributed by atoms with E-state index in [1.54, 1.807) is 37.3 Å². The Labute approximate surface area is 128 Å². The summed E-state index contributed by atoms with van der Waals surface area (Å²) >= 11 is 0. The fraction of sp³-hybridized carbons (Fsp3) is 0.235. The maximum Gasteiger partial charge on any atom is 0.251 e. The molecule has 1 N–H and O–H groups in total. The second-order valence-corrected chi connectivity index (χ2v) is 4.87. The second-order valence-electron chi connectivity index (χ2n) is 4.87. The Hall–Kier alpha value is -2.56. The third-order valence-electron chi connectivity index (χ3n) is 3.30. The van der Waals surface area contributed by atoms with Gasteiger partial charge in [0.15, 0.2) is 0 Å². The van der Waals surface area contributed by atoms with Gasteiger partial charge in [-0.3, -0.25) is 4.79 Å². The van der Waals surface area contributed by atoms with Crippen molar-refractivity contribution in [3.63, 3.8) is 0 Å². The zero-order valence-corrected chi connectivity index (χ0v) is 12.8. The van der Waals surface area contributed by atoms with Crippen molar-refractivity contribution < 1.29 is 18.7 Å². The third-order valence-corrected chi connectivity index (χ3v) is 3.30. The molecule has 0 saturated carbocycles. The highest BCUT2D eigenvalue weighted by Gasteiger charge is 2.10. The highest BCUT2D eigenvalue weighted by molar-refractivity contribution is 5.95. The van der Waals surface area contributed by atoms with Crippen molar-refractivity contribution in [3.8, 4) is 11.5 Å². The van der Waals surface area contributed by atoms with Crippen LogP contribution in [0.3, 0.4) is 0 Å². The van der Waals surface area contributed by atoms with E-state index in [1.807, 2.05) is 0 Å². The summed E-state index contributed by atoms with van der Waals surface area (Å²) in [5.41, 5.74) is 1.70. The average molecular weight is 303 g/mol. The largest absolute Gasteiger partial charge is 0.497 e. The van der Waals surface area contributed by atoms with Crippen molar-refractivity contribution in [2.24, 2.45) is 0 Å². The number of hydrogen-bond acceptors (Lipinski definition) is 3. The SMILES string of the molecule is COc1cc(OC)cc(C(=O)NCc2ccc(C)c(F)c2)c1. The number of nitrogens with one attached hydrogen (secondary N) is 1.